The molecule has 5 heteroatoms. The Morgan fingerprint density at radius 3 is 3.00 bits per heavy atom. The minimum Gasteiger partial charge on any atom is -0.480 e. The molecule has 0 aromatic carbocycles. The number of carbonyl (C=O) groups is 1. The van der Waals surface area contributed by atoms with Crippen LogP contribution >= 0.6 is 0 Å². The Morgan fingerprint density at radius 2 is 2.53 bits per heavy atom. The molecule has 0 radical (unpaired) electrons. The topological polar surface area (TPSA) is 58.4 Å². The minimum atomic E-state index is -0.833. The molecule has 1 heterocycles. The first-order chi connectivity index (χ1) is 7.11. The molecule has 0 aliphatic carbocycles. The van der Waals surface area contributed by atoms with Crippen LogP contribution in [0.1, 0.15) is 5.56 Å². The molecule has 5 nitrogen and oxygen atoms in total. The SMILES string of the molecule is C=CCN(CC(=O)O)Cc1cnn(C)c1. The highest BCUT2D eigenvalue weighted by Crippen LogP contribution is 2.02. The number of hydrogen-bond donors (Lipinski definition) is 1. The second kappa shape index (κ2) is 5.31. The van der Waals surface area contributed by atoms with Crippen molar-refractivity contribution in [3.8, 4) is 0 Å². The molecule has 82 valence electrons. The normalized spacial score (nSPS) is 10.5. The summed E-state index contributed by atoms with van der Waals surface area (Å²) >= 11 is 0. The number of carboxylic acids is 1. The molecular formula is C10H15N3O2. The van der Waals surface area contributed by atoms with Crippen LogP contribution in [0, 0.1) is 0 Å². The number of aromatic nitrogens is 2. The lowest BCUT2D eigenvalue weighted by Gasteiger charge is -2.16. The van der Waals surface area contributed by atoms with Gasteiger partial charge in [-0.1, -0.05) is 6.08 Å². The molecular weight excluding hydrogens is 194 g/mol. The van der Waals surface area contributed by atoms with Crippen LogP contribution < -0.4 is 0 Å². The van der Waals surface area contributed by atoms with E-state index in [9.17, 15) is 4.79 Å². The maximum absolute atomic E-state index is 10.6. The summed E-state index contributed by atoms with van der Waals surface area (Å²) in [5.41, 5.74) is 1.00. The van der Waals surface area contributed by atoms with Gasteiger partial charge in [-0.25, -0.2) is 0 Å². The zero-order chi connectivity index (χ0) is 11.3. The van der Waals surface area contributed by atoms with E-state index in [0.29, 0.717) is 13.1 Å². The van der Waals surface area contributed by atoms with Gasteiger partial charge >= 0.3 is 5.97 Å². The molecule has 1 N–H and O–H groups in total. The summed E-state index contributed by atoms with van der Waals surface area (Å²) in [7, 11) is 1.83. The number of aryl methyl sites for hydroxylation is 1. The van der Waals surface area contributed by atoms with Crippen LogP contribution in [0.25, 0.3) is 0 Å². The Labute approximate surface area is 88.6 Å². The van der Waals surface area contributed by atoms with Gasteiger partial charge in [0.2, 0.25) is 0 Å². The van der Waals surface area contributed by atoms with Crippen molar-refractivity contribution in [2.75, 3.05) is 13.1 Å². The number of rotatable bonds is 6. The van der Waals surface area contributed by atoms with Crippen molar-refractivity contribution in [3.05, 3.63) is 30.6 Å². The van der Waals surface area contributed by atoms with E-state index in [0.717, 1.165) is 5.56 Å². The first-order valence-corrected chi connectivity index (χ1v) is 4.64. The Bertz CT molecular complexity index is 346. The average molecular weight is 209 g/mol. The van der Waals surface area contributed by atoms with Crippen molar-refractivity contribution < 1.29 is 9.90 Å². The number of hydrogen-bond acceptors (Lipinski definition) is 3. The predicted octanol–water partition coefficient (Wildman–Crippen LogP) is 0.493. The molecule has 0 saturated carbocycles. The van der Waals surface area contributed by atoms with E-state index < -0.39 is 5.97 Å². The summed E-state index contributed by atoms with van der Waals surface area (Å²) in [6.45, 7) is 4.75. The fourth-order valence-electron chi connectivity index (χ4n) is 1.37. The van der Waals surface area contributed by atoms with Crippen LogP contribution in [0.4, 0.5) is 0 Å². The molecule has 1 aromatic heterocycles. The van der Waals surface area contributed by atoms with Crippen LogP contribution in [0.3, 0.4) is 0 Å². The van der Waals surface area contributed by atoms with E-state index in [-0.39, 0.29) is 6.54 Å². The summed E-state index contributed by atoms with van der Waals surface area (Å²) in [6, 6.07) is 0. The standard InChI is InChI=1S/C10H15N3O2/c1-3-4-13(8-10(14)15)7-9-5-11-12(2)6-9/h3,5-6H,1,4,7-8H2,2H3,(H,14,15). The van der Waals surface area contributed by atoms with Crippen molar-refractivity contribution in [2.45, 2.75) is 6.54 Å². The molecule has 0 aliphatic rings. The van der Waals surface area contributed by atoms with Gasteiger partial charge in [0.15, 0.2) is 0 Å². The minimum absolute atomic E-state index is 0.0148. The summed E-state index contributed by atoms with van der Waals surface area (Å²) in [5.74, 6) is -0.833. The van der Waals surface area contributed by atoms with Crippen LogP contribution in [-0.2, 0) is 18.4 Å². The smallest absolute Gasteiger partial charge is 0.317 e. The van der Waals surface area contributed by atoms with Crippen molar-refractivity contribution in [3.63, 3.8) is 0 Å². The Hall–Kier alpha value is -1.62. The zero-order valence-electron chi connectivity index (χ0n) is 8.76. The van der Waals surface area contributed by atoms with Gasteiger partial charge in [-0.15, -0.1) is 6.58 Å². The lowest BCUT2D eigenvalue weighted by atomic mass is 10.3. The molecule has 1 rings (SSSR count). The number of nitrogens with zero attached hydrogens (tertiary/aromatic N) is 3. The fourth-order valence-corrected chi connectivity index (χ4v) is 1.37. The van der Waals surface area contributed by atoms with E-state index in [4.69, 9.17) is 5.11 Å². The Morgan fingerprint density at radius 1 is 1.80 bits per heavy atom. The van der Waals surface area contributed by atoms with Gasteiger partial charge in [0.1, 0.15) is 0 Å². The maximum atomic E-state index is 10.6. The van der Waals surface area contributed by atoms with E-state index in [2.05, 4.69) is 11.7 Å². The van der Waals surface area contributed by atoms with E-state index in [1.54, 1.807) is 21.9 Å². The third-order valence-electron chi connectivity index (χ3n) is 1.91. The van der Waals surface area contributed by atoms with Gasteiger partial charge in [0, 0.05) is 31.9 Å². The van der Waals surface area contributed by atoms with E-state index in [1.165, 1.54) is 0 Å². The highest BCUT2D eigenvalue weighted by atomic mass is 16.4. The Kier molecular flexibility index (Phi) is 4.05. The van der Waals surface area contributed by atoms with Crippen LogP contribution in [0.5, 0.6) is 0 Å². The number of aliphatic carboxylic acids is 1. The second-order valence-electron chi connectivity index (χ2n) is 3.37. The van der Waals surface area contributed by atoms with Gasteiger partial charge in [-0.3, -0.25) is 14.4 Å². The van der Waals surface area contributed by atoms with E-state index >= 15 is 0 Å². The fraction of sp³-hybridized carbons (Fsp3) is 0.400. The highest BCUT2D eigenvalue weighted by Gasteiger charge is 2.09. The van der Waals surface area contributed by atoms with Crippen molar-refractivity contribution in [1.82, 2.24) is 14.7 Å². The summed E-state index contributed by atoms with van der Waals surface area (Å²) < 4.78 is 1.70. The summed E-state index contributed by atoms with van der Waals surface area (Å²) in [5, 5.41) is 12.7. The van der Waals surface area contributed by atoms with Crippen molar-refractivity contribution >= 4 is 5.97 Å². The molecule has 0 bridgehead atoms. The quantitative estimate of drug-likeness (QED) is 0.693. The third-order valence-corrected chi connectivity index (χ3v) is 1.91. The van der Waals surface area contributed by atoms with Crippen molar-refractivity contribution in [2.24, 2.45) is 7.05 Å². The maximum Gasteiger partial charge on any atom is 0.317 e. The molecule has 0 amide bonds. The van der Waals surface area contributed by atoms with Crippen LogP contribution in [0.15, 0.2) is 25.0 Å². The van der Waals surface area contributed by atoms with Crippen LogP contribution in [-0.4, -0.2) is 38.8 Å². The average Bonchev–Trinajstić information content (AvgIpc) is 2.50. The first kappa shape index (κ1) is 11.5. The molecule has 0 atom stereocenters. The van der Waals surface area contributed by atoms with Gasteiger partial charge < -0.3 is 5.11 Å². The molecule has 0 unspecified atom stereocenters. The zero-order valence-corrected chi connectivity index (χ0v) is 8.76. The monoisotopic (exact) mass is 209 g/mol. The molecule has 15 heavy (non-hydrogen) atoms. The predicted molar refractivity (Wildman–Crippen MR) is 56.3 cm³/mol. The van der Waals surface area contributed by atoms with Gasteiger partial charge in [0.25, 0.3) is 0 Å². The Balaban J connectivity index is 2.57. The largest absolute Gasteiger partial charge is 0.480 e. The van der Waals surface area contributed by atoms with Crippen LogP contribution in [0.2, 0.25) is 0 Å². The third kappa shape index (κ3) is 3.95. The molecule has 0 spiro atoms. The lowest BCUT2D eigenvalue weighted by Crippen LogP contribution is -2.29. The van der Waals surface area contributed by atoms with Crippen molar-refractivity contribution in [1.29, 1.82) is 0 Å². The van der Waals surface area contributed by atoms with E-state index in [1.807, 2.05) is 13.2 Å². The molecule has 0 fully saturated rings. The molecule has 0 saturated heterocycles. The van der Waals surface area contributed by atoms with Gasteiger partial charge in [-0.2, -0.15) is 5.10 Å². The van der Waals surface area contributed by atoms with Gasteiger partial charge in [0.05, 0.1) is 12.7 Å². The highest BCUT2D eigenvalue weighted by molar-refractivity contribution is 5.69. The molecule has 1 aromatic rings. The summed E-state index contributed by atoms with van der Waals surface area (Å²) in [6.07, 6.45) is 5.30. The van der Waals surface area contributed by atoms with Gasteiger partial charge in [-0.05, 0) is 0 Å². The lowest BCUT2D eigenvalue weighted by molar-refractivity contribution is -0.138. The second-order valence-corrected chi connectivity index (χ2v) is 3.37. The number of carboxylic acid groups (broad SMARTS) is 1. The first-order valence-electron chi connectivity index (χ1n) is 4.64. The molecule has 0 aliphatic heterocycles. The summed E-state index contributed by atoms with van der Waals surface area (Å²) in [4.78, 5) is 12.4.